The summed E-state index contributed by atoms with van der Waals surface area (Å²) >= 11 is 3.33. The first kappa shape index (κ1) is 15.3. The van der Waals surface area contributed by atoms with Crippen LogP contribution in [0.15, 0.2) is 12.1 Å². The maximum absolute atomic E-state index is 13.6. The molecule has 0 radical (unpaired) electrons. The summed E-state index contributed by atoms with van der Waals surface area (Å²) in [7, 11) is 0. The average molecular weight is 351 g/mol. The summed E-state index contributed by atoms with van der Waals surface area (Å²) in [6.07, 6.45) is 0. The molecule has 0 atom stereocenters. The van der Waals surface area contributed by atoms with Gasteiger partial charge in [-0.25, -0.2) is 13.2 Å². The number of carbonyl (C=O) groups excluding carboxylic acids is 1. The molecule has 0 saturated carbocycles. The Morgan fingerprint density at radius 2 is 1.65 bits per heavy atom. The van der Waals surface area contributed by atoms with E-state index >= 15 is 0 Å². The molecule has 0 spiro atoms. The molecule has 1 saturated heterocycles. The van der Waals surface area contributed by atoms with Crippen molar-refractivity contribution in [1.82, 2.24) is 9.80 Å². The van der Waals surface area contributed by atoms with Crippen molar-refractivity contribution in [3.63, 3.8) is 0 Å². The molecule has 20 heavy (non-hydrogen) atoms. The van der Waals surface area contributed by atoms with Gasteiger partial charge in [0.1, 0.15) is 23.0 Å². The highest BCUT2D eigenvalue weighted by molar-refractivity contribution is 9.09. The Kier molecular flexibility index (Phi) is 5.04. The number of halogens is 4. The first-order valence-electron chi connectivity index (χ1n) is 6.25. The van der Waals surface area contributed by atoms with Crippen LogP contribution in [0.1, 0.15) is 10.4 Å². The lowest BCUT2D eigenvalue weighted by Crippen LogP contribution is -2.49. The standard InChI is InChI=1S/C13H14BrF3N2O/c14-1-2-18-3-5-19(6-4-18)13(20)12-10(16)7-9(15)8-11(12)17/h7-8H,1-6H2. The zero-order chi connectivity index (χ0) is 14.7. The van der Waals surface area contributed by atoms with E-state index in [1.807, 2.05) is 0 Å². The minimum absolute atomic E-state index is 0.405. The highest BCUT2D eigenvalue weighted by atomic mass is 79.9. The van der Waals surface area contributed by atoms with E-state index in [0.29, 0.717) is 38.3 Å². The fraction of sp³-hybridized carbons (Fsp3) is 0.462. The number of amides is 1. The number of nitrogens with zero attached hydrogens (tertiary/aromatic N) is 2. The van der Waals surface area contributed by atoms with Gasteiger partial charge in [-0.2, -0.15) is 0 Å². The van der Waals surface area contributed by atoms with Gasteiger partial charge in [-0.15, -0.1) is 0 Å². The molecular formula is C13H14BrF3N2O. The third-order valence-corrected chi connectivity index (χ3v) is 3.64. The van der Waals surface area contributed by atoms with E-state index < -0.39 is 28.9 Å². The Morgan fingerprint density at radius 3 is 2.15 bits per heavy atom. The van der Waals surface area contributed by atoms with Crippen LogP contribution in [0.3, 0.4) is 0 Å². The molecule has 1 aromatic carbocycles. The number of benzene rings is 1. The summed E-state index contributed by atoms with van der Waals surface area (Å²) in [6, 6.07) is 1.05. The van der Waals surface area contributed by atoms with Crippen LogP contribution in [0, 0.1) is 17.5 Å². The summed E-state index contributed by atoms with van der Waals surface area (Å²) in [5.74, 6) is -4.07. The Bertz CT molecular complexity index is 481. The minimum Gasteiger partial charge on any atom is -0.336 e. The summed E-state index contributed by atoms with van der Waals surface area (Å²) in [4.78, 5) is 15.7. The van der Waals surface area contributed by atoms with Crippen LogP contribution in [0.25, 0.3) is 0 Å². The zero-order valence-electron chi connectivity index (χ0n) is 10.7. The monoisotopic (exact) mass is 350 g/mol. The Labute approximate surface area is 123 Å². The van der Waals surface area contributed by atoms with E-state index in [-0.39, 0.29) is 0 Å². The number of hydrogen-bond acceptors (Lipinski definition) is 2. The molecule has 1 amide bonds. The van der Waals surface area contributed by atoms with E-state index in [1.54, 1.807) is 0 Å². The molecule has 1 aliphatic rings. The minimum atomic E-state index is -1.16. The van der Waals surface area contributed by atoms with Crippen molar-refractivity contribution in [1.29, 1.82) is 0 Å². The van der Waals surface area contributed by atoms with E-state index in [2.05, 4.69) is 20.8 Å². The molecular weight excluding hydrogens is 337 g/mol. The highest BCUT2D eigenvalue weighted by Gasteiger charge is 2.26. The Hall–Kier alpha value is -1.08. The Balaban J connectivity index is 2.10. The van der Waals surface area contributed by atoms with Crippen molar-refractivity contribution in [3.05, 3.63) is 35.1 Å². The summed E-state index contributed by atoms with van der Waals surface area (Å²) in [5, 5.41) is 0.835. The molecule has 7 heteroatoms. The highest BCUT2D eigenvalue weighted by Crippen LogP contribution is 2.18. The van der Waals surface area contributed by atoms with Crippen LogP contribution in [-0.2, 0) is 0 Å². The van der Waals surface area contributed by atoms with Crippen LogP contribution in [0.5, 0.6) is 0 Å². The second kappa shape index (κ2) is 6.58. The number of hydrogen-bond donors (Lipinski definition) is 0. The molecule has 0 N–H and O–H groups in total. The molecule has 1 aromatic rings. The second-order valence-corrected chi connectivity index (χ2v) is 5.36. The van der Waals surface area contributed by atoms with Crippen molar-refractivity contribution in [2.45, 2.75) is 0 Å². The van der Waals surface area contributed by atoms with E-state index in [0.717, 1.165) is 11.9 Å². The summed E-state index contributed by atoms with van der Waals surface area (Å²) < 4.78 is 40.0. The average Bonchev–Trinajstić information content (AvgIpc) is 2.38. The van der Waals surface area contributed by atoms with E-state index in [1.165, 1.54) is 4.90 Å². The first-order valence-corrected chi connectivity index (χ1v) is 7.37. The second-order valence-electron chi connectivity index (χ2n) is 4.57. The predicted molar refractivity (Wildman–Crippen MR) is 72.5 cm³/mol. The normalized spacial score (nSPS) is 16.5. The summed E-state index contributed by atoms with van der Waals surface area (Å²) in [6.45, 7) is 2.98. The van der Waals surface area contributed by atoms with E-state index in [9.17, 15) is 18.0 Å². The predicted octanol–water partition coefficient (Wildman–Crippen LogP) is 2.26. The molecule has 1 fully saturated rings. The van der Waals surface area contributed by atoms with Crippen molar-refractivity contribution in [2.75, 3.05) is 38.1 Å². The molecule has 0 bridgehead atoms. The van der Waals surface area contributed by atoms with Crippen molar-refractivity contribution >= 4 is 21.8 Å². The largest absolute Gasteiger partial charge is 0.336 e. The van der Waals surface area contributed by atoms with Crippen LogP contribution < -0.4 is 0 Å². The smallest absolute Gasteiger partial charge is 0.259 e. The van der Waals surface area contributed by atoms with Gasteiger partial charge in [-0.05, 0) is 0 Å². The number of rotatable bonds is 3. The summed E-state index contributed by atoms with van der Waals surface area (Å²) in [5.41, 5.74) is -0.680. The van der Waals surface area contributed by atoms with Gasteiger partial charge in [0, 0.05) is 50.2 Å². The molecule has 0 aliphatic carbocycles. The quantitative estimate of drug-likeness (QED) is 0.780. The molecule has 2 rings (SSSR count). The number of alkyl halides is 1. The molecule has 0 aromatic heterocycles. The van der Waals surface area contributed by atoms with Crippen molar-refractivity contribution in [3.8, 4) is 0 Å². The van der Waals surface area contributed by atoms with Crippen molar-refractivity contribution in [2.24, 2.45) is 0 Å². The SMILES string of the molecule is O=C(c1c(F)cc(F)cc1F)N1CCN(CCBr)CC1. The maximum atomic E-state index is 13.6. The fourth-order valence-electron chi connectivity index (χ4n) is 2.20. The third kappa shape index (κ3) is 3.32. The fourth-order valence-corrected chi connectivity index (χ4v) is 2.70. The number of carbonyl (C=O) groups is 1. The lowest BCUT2D eigenvalue weighted by molar-refractivity contribution is 0.0635. The van der Waals surface area contributed by atoms with Gasteiger partial charge in [0.2, 0.25) is 0 Å². The van der Waals surface area contributed by atoms with Gasteiger partial charge in [-0.3, -0.25) is 9.69 Å². The lowest BCUT2D eigenvalue weighted by Gasteiger charge is -2.34. The van der Waals surface area contributed by atoms with Gasteiger partial charge >= 0.3 is 0 Å². The van der Waals surface area contributed by atoms with Crippen LogP contribution in [-0.4, -0.2) is 53.8 Å². The topological polar surface area (TPSA) is 23.6 Å². The van der Waals surface area contributed by atoms with Crippen LogP contribution in [0.4, 0.5) is 13.2 Å². The molecule has 3 nitrogen and oxygen atoms in total. The molecule has 1 heterocycles. The van der Waals surface area contributed by atoms with Gasteiger partial charge in [-0.1, -0.05) is 15.9 Å². The lowest BCUT2D eigenvalue weighted by atomic mass is 10.1. The molecule has 0 unspecified atom stereocenters. The van der Waals surface area contributed by atoms with E-state index in [4.69, 9.17) is 0 Å². The molecule has 110 valence electrons. The maximum Gasteiger partial charge on any atom is 0.259 e. The van der Waals surface area contributed by atoms with Gasteiger partial charge in [0.05, 0.1) is 0 Å². The molecule has 1 aliphatic heterocycles. The third-order valence-electron chi connectivity index (χ3n) is 3.28. The van der Waals surface area contributed by atoms with Crippen LogP contribution in [0.2, 0.25) is 0 Å². The zero-order valence-corrected chi connectivity index (χ0v) is 12.3. The Morgan fingerprint density at radius 1 is 1.10 bits per heavy atom. The van der Waals surface area contributed by atoms with Gasteiger partial charge in [0.25, 0.3) is 5.91 Å². The van der Waals surface area contributed by atoms with Crippen LogP contribution >= 0.6 is 15.9 Å². The first-order chi connectivity index (χ1) is 9.52. The van der Waals surface area contributed by atoms with Gasteiger partial charge < -0.3 is 4.90 Å². The van der Waals surface area contributed by atoms with Gasteiger partial charge in [0.15, 0.2) is 0 Å². The number of piperazine rings is 1. The van der Waals surface area contributed by atoms with Crippen molar-refractivity contribution < 1.29 is 18.0 Å².